The lowest BCUT2D eigenvalue weighted by atomic mass is 9.99. The quantitative estimate of drug-likeness (QED) is 0.651. The van der Waals surface area contributed by atoms with Gasteiger partial charge in [0.15, 0.2) is 0 Å². The van der Waals surface area contributed by atoms with Crippen LogP contribution in [0.1, 0.15) is 13.3 Å². The van der Waals surface area contributed by atoms with Gasteiger partial charge >= 0.3 is 5.97 Å². The van der Waals surface area contributed by atoms with Crippen molar-refractivity contribution >= 4 is 30.4 Å². The van der Waals surface area contributed by atoms with Crippen molar-refractivity contribution in [2.75, 3.05) is 11.5 Å². The number of thiol groups is 1. The maximum atomic E-state index is 10.6. The molecule has 1 saturated heterocycles. The Morgan fingerprint density at radius 1 is 1.91 bits per heavy atom. The first kappa shape index (κ1) is 9.26. The summed E-state index contributed by atoms with van der Waals surface area (Å²) in [6.45, 7) is 2.08. The minimum Gasteiger partial charge on any atom is -0.481 e. The van der Waals surface area contributed by atoms with E-state index in [-0.39, 0.29) is 10.7 Å². The van der Waals surface area contributed by atoms with E-state index in [0.29, 0.717) is 0 Å². The molecule has 0 radical (unpaired) electrons. The Bertz CT molecular complexity index is 172. The van der Waals surface area contributed by atoms with Gasteiger partial charge in [0.2, 0.25) is 0 Å². The van der Waals surface area contributed by atoms with Crippen molar-refractivity contribution in [1.82, 2.24) is 0 Å². The fourth-order valence-corrected chi connectivity index (χ4v) is 2.89. The molecule has 0 aromatic carbocycles. The van der Waals surface area contributed by atoms with E-state index in [2.05, 4.69) is 19.6 Å². The van der Waals surface area contributed by atoms with Crippen LogP contribution in [0.2, 0.25) is 0 Å². The average Bonchev–Trinajstić information content (AvgIpc) is 2.33. The smallest absolute Gasteiger partial charge is 0.307 e. The number of hydrogen-bond acceptors (Lipinski definition) is 3. The van der Waals surface area contributed by atoms with Gasteiger partial charge in [-0.3, -0.25) is 4.79 Å². The van der Waals surface area contributed by atoms with Crippen molar-refractivity contribution in [2.45, 2.75) is 18.1 Å². The SMILES string of the molecule is C[C@]1(CS)C[C@H](C(=O)O)CS1. The Morgan fingerprint density at radius 2 is 2.55 bits per heavy atom. The van der Waals surface area contributed by atoms with Gasteiger partial charge in [0.25, 0.3) is 0 Å². The summed E-state index contributed by atoms with van der Waals surface area (Å²) in [5, 5.41) is 8.70. The molecule has 1 aliphatic heterocycles. The number of carbonyl (C=O) groups is 1. The maximum Gasteiger partial charge on any atom is 0.307 e. The molecule has 0 amide bonds. The van der Waals surface area contributed by atoms with Crippen LogP contribution in [-0.4, -0.2) is 27.3 Å². The van der Waals surface area contributed by atoms with Crippen LogP contribution in [0, 0.1) is 5.92 Å². The number of hydrogen-bond donors (Lipinski definition) is 2. The zero-order valence-electron chi connectivity index (χ0n) is 6.41. The normalized spacial score (nSPS) is 37.5. The number of rotatable bonds is 2. The number of aliphatic carboxylic acids is 1. The summed E-state index contributed by atoms with van der Waals surface area (Å²) in [6.07, 6.45) is 0.760. The Balaban J connectivity index is 2.53. The van der Waals surface area contributed by atoms with Crippen LogP contribution >= 0.6 is 24.4 Å². The second-order valence-electron chi connectivity index (χ2n) is 3.16. The largest absolute Gasteiger partial charge is 0.481 e. The Hall–Kier alpha value is 0.170. The highest BCUT2D eigenvalue weighted by molar-refractivity contribution is 8.01. The zero-order valence-corrected chi connectivity index (χ0v) is 8.12. The van der Waals surface area contributed by atoms with E-state index in [4.69, 9.17) is 5.11 Å². The van der Waals surface area contributed by atoms with Crippen molar-refractivity contribution in [1.29, 1.82) is 0 Å². The van der Waals surface area contributed by atoms with Crippen molar-refractivity contribution in [3.05, 3.63) is 0 Å². The number of carboxylic acids is 1. The summed E-state index contributed by atoms with van der Waals surface area (Å²) in [7, 11) is 0. The number of carboxylic acid groups (broad SMARTS) is 1. The summed E-state index contributed by atoms with van der Waals surface area (Å²) < 4.78 is 0.0895. The molecule has 2 nitrogen and oxygen atoms in total. The zero-order chi connectivity index (χ0) is 8.48. The highest BCUT2D eigenvalue weighted by Crippen LogP contribution is 2.41. The van der Waals surface area contributed by atoms with Gasteiger partial charge in [-0.25, -0.2) is 0 Å². The molecule has 64 valence electrons. The lowest BCUT2D eigenvalue weighted by Crippen LogP contribution is -2.21. The molecule has 2 atom stereocenters. The average molecular weight is 192 g/mol. The summed E-state index contributed by atoms with van der Waals surface area (Å²) in [5.74, 6) is 0.688. The van der Waals surface area contributed by atoms with E-state index in [9.17, 15) is 4.79 Å². The van der Waals surface area contributed by atoms with Crippen LogP contribution < -0.4 is 0 Å². The summed E-state index contributed by atoms with van der Waals surface area (Å²) in [6, 6.07) is 0. The Labute approximate surface area is 76.2 Å². The molecular formula is C7H12O2S2. The van der Waals surface area contributed by atoms with E-state index >= 15 is 0 Å². The first-order valence-corrected chi connectivity index (χ1v) is 5.17. The third-order valence-corrected chi connectivity index (χ3v) is 4.48. The third-order valence-electron chi connectivity index (χ3n) is 1.99. The van der Waals surface area contributed by atoms with E-state index in [1.807, 2.05) is 0 Å². The van der Waals surface area contributed by atoms with E-state index < -0.39 is 5.97 Å². The predicted molar refractivity (Wildman–Crippen MR) is 50.5 cm³/mol. The van der Waals surface area contributed by atoms with Crippen LogP contribution in [-0.2, 0) is 4.79 Å². The molecule has 1 N–H and O–H groups in total. The van der Waals surface area contributed by atoms with Gasteiger partial charge < -0.3 is 5.11 Å². The van der Waals surface area contributed by atoms with Gasteiger partial charge in [-0.1, -0.05) is 0 Å². The Kier molecular flexibility index (Phi) is 2.75. The summed E-state index contributed by atoms with van der Waals surface area (Å²) in [5.41, 5.74) is 0. The van der Waals surface area contributed by atoms with Crippen molar-refractivity contribution in [3.8, 4) is 0 Å². The fraction of sp³-hybridized carbons (Fsp3) is 0.857. The second-order valence-corrected chi connectivity index (χ2v) is 5.08. The molecule has 1 fully saturated rings. The highest BCUT2D eigenvalue weighted by atomic mass is 32.2. The molecule has 1 heterocycles. The minimum absolute atomic E-state index is 0.0895. The Morgan fingerprint density at radius 3 is 2.82 bits per heavy atom. The molecule has 0 saturated carbocycles. The first-order chi connectivity index (χ1) is 5.07. The fourth-order valence-electron chi connectivity index (χ4n) is 1.21. The standard InChI is InChI=1S/C7H12O2S2/c1-7(4-10)2-5(3-11-7)6(8)9/h5,10H,2-4H2,1H3,(H,8,9)/t5-,7+/m0/s1. The maximum absolute atomic E-state index is 10.6. The predicted octanol–water partition coefficient (Wildman–Crippen LogP) is 1.51. The molecule has 0 spiro atoms. The van der Waals surface area contributed by atoms with Crippen LogP contribution in [0.15, 0.2) is 0 Å². The molecule has 1 aliphatic rings. The molecule has 0 aromatic rings. The third kappa shape index (κ3) is 2.06. The molecule has 0 bridgehead atoms. The topological polar surface area (TPSA) is 37.3 Å². The first-order valence-electron chi connectivity index (χ1n) is 3.55. The molecule has 11 heavy (non-hydrogen) atoms. The van der Waals surface area contributed by atoms with Crippen LogP contribution in [0.3, 0.4) is 0 Å². The van der Waals surface area contributed by atoms with Gasteiger partial charge in [0, 0.05) is 16.3 Å². The van der Waals surface area contributed by atoms with Crippen LogP contribution in [0.4, 0.5) is 0 Å². The van der Waals surface area contributed by atoms with E-state index in [1.165, 1.54) is 0 Å². The minimum atomic E-state index is -0.664. The molecule has 0 unspecified atom stereocenters. The lowest BCUT2D eigenvalue weighted by Gasteiger charge is -2.18. The van der Waals surface area contributed by atoms with Gasteiger partial charge in [-0.15, -0.1) is 0 Å². The molecule has 4 heteroatoms. The van der Waals surface area contributed by atoms with Crippen LogP contribution in [0.5, 0.6) is 0 Å². The van der Waals surface area contributed by atoms with Gasteiger partial charge in [0.1, 0.15) is 0 Å². The number of thioether (sulfide) groups is 1. The monoisotopic (exact) mass is 192 g/mol. The van der Waals surface area contributed by atoms with Gasteiger partial charge in [-0.05, 0) is 13.3 Å². The molecular weight excluding hydrogens is 180 g/mol. The highest BCUT2D eigenvalue weighted by Gasteiger charge is 2.38. The molecule has 1 rings (SSSR count). The van der Waals surface area contributed by atoms with Crippen molar-refractivity contribution in [3.63, 3.8) is 0 Å². The van der Waals surface area contributed by atoms with Crippen molar-refractivity contribution < 1.29 is 9.90 Å². The van der Waals surface area contributed by atoms with Crippen LogP contribution in [0.25, 0.3) is 0 Å². The molecule has 0 aromatic heterocycles. The van der Waals surface area contributed by atoms with E-state index in [1.54, 1.807) is 11.8 Å². The van der Waals surface area contributed by atoms with Gasteiger partial charge in [0.05, 0.1) is 5.92 Å². The second kappa shape index (κ2) is 3.27. The van der Waals surface area contributed by atoms with Crippen molar-refractivity contribution in [2.24, 2.45) is 5.92 Å². The van der Waals surface area contributed by atoms with E-state index in [0.717, 1.165) is 17.9 Å². The molecule has 0 aliphatic carbocycles. The van der Waals surface area contributed by atoms with Gasteiger partial charge in [-0.2, -0.15) is 24.4 Å². The summed E-state index contributed by atoms with van der Waals surface area (Å²) >= 11 is 5.92. The lowest BCUT2D eigenvalue weighted by molar-refractivity contribution is -0.141. The summed E-state index contributed by atoms with van der Waals surface area (Å²) in [4.78, 5) is 10.6.